The summed E-state index contributed by atoms with van der Waals surface area (Å²) in [4.78, 5) is 16.6. The second-order valence-corrected chi connectivity index (χ2v) is 8.13. The standard InChI is InChI=1S/C21H30N4O2/c1-15(2)16-4-6-17(7-5-16)20-24-19(27-25-20)9-8-18(26)23-14-21(3)10-12-22-13-11-21/h4-7,15,22H,8-14H2,1-3H3,(H,23,26). The van der Waals surface area contributed by atoms with Gasteiger partial charge in [0.1, 0.15) is 0 Å². The molecular formula is C21H30N4O2. The van der Waals surface area contributed by atoms with Gasteiger partial charge >= 0.3 is 0 Å². The van der Waals surface area contributed by atoms with Crippen molar-refractivity contribution in [2.24, 2.45) is 5.41 Å². The van der Waals surface area contributed by atoms with Gasteiger partial charge in [0.2, 0.25) is 17.6 Å². The van der Waals surface area contributed by atoms with E-state index in [1.54, 1.807) is 0 Å². The van der Waals surface area contributed by atoms with Crippen LogP contribution in [0.2, 0.25) is 0 Å². The summed E-state index contributed by atoms with van der Waals surface area (Å²) < 4.78 is 5.31. The predicted molar refractivity (Wildman–Crippen MR) is 105 cm³/mol. The molecule has 1 aromatic carbocycles. The zero-order chi connectivity index (χ0) is 19.3. The van der Waals surface area contributed by atoms with E-state index < -0.39 is 0 Å². The van der Waals surface area contributed by atoms with Crippen molar-refractivity contribution in [1.82, 2.24) is 20.8 Å². The molecule has 6 heteroatoms. The van der Waals surface area contributed by atoms with E-state index in [0.717, 1.165) is 38.0 Å². The lowest BCUT2D eigenvalue weighted by atomic mass is 9.81. The molecule has 1 aliphatic heterocycles. The van der Waals surface area contributed by atoms with Gasteiger partial charge < -0.3 is 15.2 Å². The van der Waals surface area contributed by atoms with Crippen LogP contribution in [0.3, 0.4) is 0 Å². The average Bonchev–Trinajstić information content (AvgIpc) is 3.14. The number of hydrogen-bond acceptors (Lipinski definition) is 5. The largest absolute Gasteiger partial charge is 0.356 e. The molecule has 0 unspecified atom stereocenters. The number of nitrogens with one attached hydrogen (secondary N) is 2. The number of amides is 1. The Hall–Kier alpha value is -2.21. The fourth-order valence-corrected chi connectivity index (χ4v) is 3.32. The topological polar surface area (TPSA) is 80.0 Å². The van der Waals surface area contributed by atoms with Gasteiger partial charge in [-0.3, -0.25) is 4.79 Å². The number of aryl methyl sites for hydroxylation is 1. The highest BCUT2D eigenvalue weighted by Crippen LogP contribution is 2.26. The summed E-state index contributed by atoms with van der Waals surface area (Å²) in [5, 5.41) is 10.5. The van der Waals surface area contributed by atoms with E-state index in [2.05, 4.69) is 53.7 Å². The lowest BCUT2D eigenvalue weighted by Crippen LogP contribution is -2.42. The smallest absolute Gasteiger partial charge is 0.227 e. The molecule has 1 saturated heterocycles. The molecule has 2 aromatic rings. The summed E-state index contributed by atoms with van der Waals surface area (Å²) in [6, 6.07) is 8.20. The van der Waals surface area contributed by atoms with Crippen LogP contribution in [0.1, 0.15) is 57.4 Å². The number of nitrogens with zero attached hydrogens (tertiary/aromatic N) is 2. The number of carbonyl (C=O) groups excluding carboxylic acids is 1. The van der Waals surface area contributed by atoms with Crippen LogP contribution in [0.15, 0.2) is 28.8 Å². The van der Waals surface area contributed by atoms with Gasteiger partial charge in [0, 0.05) is 24.9 Å². The molecule has 27 heavy (non-hydrogen) atoms. The Kier molecular flexibility index (Phi) is 6.26. The van der Waals surface area contributed by atoms with Crippen LogP contribution >= 0.6 is 0 Å². The van der Waals surface area contributed by atoms with Crippen LogP contribution in [0.25, 0.3) is 11.4 Å². The van der Waals surface area contributed by atoms with Crippen molar-refractivity contribution in [3.8, 4) is 11.4 Å². The Morgan fingerprint density at radius 2 is 1.96 bits per heavy atom. The first kappa shape index (κ1) is 19.5. The van der Waals surface area contributed by atoms with Crippen molar-refractivity contribution in [2.75, 3.05) is 19.6 Å². The van der Waals surface area contributed by atoms with Crippen molar-refractivity contribution in [1.29, 1.82) is 0 Å². The highest BCUT2D eigenvalue weighted by molar-refractivity contribution is 5.76. The summed E-state index contributed by atoms with van der Waals surface area (Å²) in [5.41, 5.74) is 2.40. The Morgan fingerprint density at radius 1 is 1.26 bits per heavy atom. The zero-order valence-electron chi connectivity index (χ0n) is 16.5. The summed E-state index contributed by atoms with van der Waals surface area (Å²) in [6.45, 7) is 9.34. The Bertz CT molecular complexity index is 746. The maximum atomic E-state index is 12.2. The average molecular weight is 370 g/mol. The molecular weight excluding hydrogens is 340 g/mol. The maximum Gasteiger partial charge on any atom is 0.227 e. The monoisotopic (exact) mass is 370 g/mol. The van der Waals surface area contributed by atoms with Gasteiger partial charge in [-0.2, -0.15) is 4.98 Å². The molecule has 1 amide bonds. The van der Waals surface area contributed by atoms with Crippen molar-refractivity contribution in [2.45, 2.75) is 52.4 Å². The zero-order valence-corrected chi connectivity index (χ0v) is 16.5. The van der Waals surface area contributed by atoms with Crippen LogP contribution in [0.5, 0.6) is 0 Å². The molecule has 146 valence electrons. The van der Waals surface area contributed by atoms with Gasteiger partial charge in [-0.1, -0.05) is 50.2 Å². The molecule has 1 aromatic heterocycles. The third-order valence-corrected chi connectivity index (χ3v) is 5.39. The molecule has 0 saturated carbocycles. The fourth-order valence-electron chi connectivity index (χ4n) is 3.32. The molecule has 6 nitrogen and oxygen atoms in total. The normalized spacial score (nSPS) is 16.4. The molecule has 0 spiro atoms. The van der Waals surface area contributed by atoms with Gasteiger partial charge in [0.05, 0.1) is 0 Å². The second kappa shape index (κ2) is 8.65. The van der Waals surface area contributed by atoms with Crippen LogP contribution in [0.4, 0.5) is 0 Å². The maximum absolute atomic E-state index is 12.2. The minimum absolute atomic E-state index is 0.0378. The molecule has 0 atom stereocenters. The first-order chi connectivity index (χ1) is 13.0. The second-order valence-electron chi connectivity index (χ2n) is 8.13. The van der Waals surface area contributed by atoms with Crippen LogP contribution in [-0.2, 0) is 11.2 Å². The van der Waals surface area contributed by atoms with Gasteiger partial charge in [-0.05, 0) is 42.8 Å². The van der Waals surface area contributed by atoms with Crippen molar-refractivity contribution in [3.63, 3.8) is 0 Å². The number of carbonyl (C=O) groups is 1. The van der Waals surface area contributed by atoms with Gasteiger partial charge in [-0.15, -0.1) is 0 Å². The lowest BCUT2D eigenvalue weighted by molar-refractivity contribution is -0.121. The number of piperidine rings is 1. The van der Waals surface area contributed by atoms with Gasteiger partial charge in [0.15, 0.2) is 0 Å². The van der Waals surface area contributed by atoms with Gasteiger partial charge in [0.25, 0.3) is 0 Å². The van der Waals surface area contributed by atoms with Crippen LogP contribution in [0, 0.1) is 5.41 Å². The van der Waals surface area contributed by atoms with Crippen molar-refractivity contribution < 1.29 is 9.32 Å². The van der Waals surface area contributed by atoms with Crippen LogP contribution < -0.4 is 10.6 Å². The van der Waals surface area contributed by atoms with E-state index in [0.29, 0.717) is 30.5 Å². The van der Waals surface area contributed by atoms with Crippen molar-refractivity contribution >= 4 is 5.91 Å². The number of hydrogen-bond donors (Lipinski definition) is 2. The van der Waals surface area contributed by atoms with E-state index in [-0.39, 0.29) is 11.3 Å². The Balaban J connectivity index is 1.48. The van der Waals surface area contributed by atoms with E-state index >= 15 is 0 Å². The Labute approximate surface area is 161 Å². The lowest BCUT2D eigenvalue weighted by Gasteiger charge is -2.34. The highest BCUT2D eigenvalue weighted by atomic mass is 16.5. The molecule has 3 rings (SSSR count). The predicted octanol–water partition coefficient (Wildman–Crippen LogP) is 3.30. The molecule has 0 aliphatic carbocycles. The Morgan fingerprint density at radius 3 is 2.63 bits per heavy atom. The number of benzene rings is 1. The fraction of sp³-hybridized carbons (Fsp3) is 0.571. The molecule has 0 radical (unpaired) electrons. The van der Waals surface area contributed by atoms with Gasteiger partial charge in [-0.25, -0.2) is 0 Å². The third-order valence-electron chi connectivity index (χ3n) is 5.39. The molecule has 1 aliphatic rings. The highest BCUT2D eigenvalue weighted by Gasteiger charge is 2.27. The first-order valence-electron chi connectivity index (χ1n) is 9.85. The first-order valence-corrected chi connectivity index (χ1v) is 9.85. The molecule has 0 bridgehead atoms. The summed E-state index contributed by atoms with van der Waals surface area (Å²) >= 11 is 0. The number of rotatable bonds is 7. The van der Waals surface area contributed by atoms with Crippen LogP contribution in [-0.4, -0.2) is 35.7 Å². The quantitative estimate of drug-likeness (QED) is 0.782. The summed E-state index contributed by atoms with van der Waals surface area (Å²) in [7, 11) is 0. The SMILES string of the molecule is CC(C)c1ccc(-c2noc(CCC(=O)NCC3(C)CCNCC3)n2)cc1. The van der Waals surface area contributed by atoms with E-state index in [1.165, 1.54) is 5.56 Å². The third kappa shape index (κ3) is 5.39. The number of aromatic nitrogens is 2. The van der Waals surface area contributed by atoms with E-state index in [1.807, 2.05) is 12.1 Å². The molecule has 2 N–H and O–H groups in total. The minimum Gasteiger partial charge on any atom is -0.356 e. The van der Waals surface area contributed by atoms with E-state index in [9.17, 15) is 4.79 Å². The van der Waals surface area contributed by atoms with Crippen molar-refractivity contribution in [3.05, 3.63) is 35.7 Å². The minimum atomic E-state index is 0.0378. The van der Waals surface area contributed by atoms with E-state index in [4.69, 9.17) is 4.52 Å². The molecule has 2 heterocycles. The molecule has 1 fully saturated rings. The summed E-state index contributed by atoms with van der Waals surface area (Å²) in [6.07, 6.45) is 3.01. The summed E-state index contributed by atoms with van der Waals surface area (Å²) in [5.74, 6) is 1.60.